The summed E-state index contributed by atoms with van der Waals surface area (Å²) in [5, 5.41) is 0. The monoisotopic (exact) mass is 215 g/mol. The van der Waals surface area contributed by atoms with Gasteiger partial charge in [0, 0.05) is 16.2 Å². The molecule has 1 aromatic heterocycles. The average molecular weight is 216 g/mol. The summed E-state index contributed by atoms with van der Waals surface area (Å²) in [4.78, 5) is 4.08. The van der Waals surface area contributed by atoms with E-state index in [0.717, 1.165) is 10.0 Å². The van der Waals surface area contributed by atoms with Crippen molar-refractivity contribution in [3.63, 3.8) is 0 Å². The van der Waals surface area contributed by atoms with Gasteiger partial charge in [0.25, 0.3) is 0 Å². The van der Waals surface area contributed by atoms with Crippen LogP contribution in [-0.2, 0) is 0 Å². The van der Waals surface area contributed by atoms with Crippen molar-refractivity contribution in [2.45, 2.75) is 13.8 Å². The van der Waals surface area contributed by atoms with Crippen molar-refractivity contribution in [3.05, 3.63) is 22.3 Å². The SMILES string of the molecule is CCOc1nccc(Br)c1C. The molecule has 11 heavy (non-hydrogen) atoms. The highest BCUT2D eigenvalue weighted by Crippen LogP contribution is 2.22. The number of nitrogens with zero attached hydrogens (tertiary/aromatic N) is 1. The first-order chi connectivity index (χ1) is 5.25. The van der Waals surface area contributed by atoms with Crippen LogP contribution in [0.1, 0.15) is 12.5 Å². The predicted octanol–water partition coefficient (Wildman–Crippen LogP) is 2.55. The summed E-state index contributed by atoms with van der Waals surface area (Å²) >= 11 is 3.40. The lowest BCUT2D eigenvalue weighted by Gasteiger charge is -2.05. The minimum absolute atomic E-state index is 0.657. The molecule has 0 aromatic carbocycles. The molecule has 0 bridgehead atoms. The summed E-state index contributed by atoms with van der Waals surface area (Å²) in [5.41, 5.74) is 1.05. The molecule has 0 N–H and O–H groups in total. The first-order valence-electron chi connectivity index (χ1n) is 3.49. The number of halogens is 1. The van der Waals surface area contributed by atoms with Gasteiger partial charge in [-0.05, 0) is 19.9 Å². The lowest BCUT2D eigenvalue weighted by molar-refractivity contribution is 0.324. The van der Waals surface area contributed by atoms with Crippen LogP contribution in [0.2, 0.25) is 0 Å². The lowest BCUT2D eigenvalue weighted by Crippen LogP contribution is -1.96. The van der Waals surface area contributed by atoms with Crippen molar-refractivity contribution in [2.75, 3.05) is 6.61 Å². The van der Waals surface area contributed by atoms with Crippen molar-refractivity contribution in [2.24, 2.45) is 0 Å². The Morgan fingerprint density at radius 3 is 3.00 bits per heavy atom. The summed E-state index contributed by atoms with van der Waals surface area (Å²) < 4.78 is 6.31. The Morgan fingerprint density at radius 1 is 1.64 bits per heavy atom. The number of ether oxygens (including phenoxy) is 1. The van der Waals surface area contributed by atoms with Gasteiger partial charge in [0.15, 0.2) is 0 Å². The zero-order valence-electron chi connectivity index (χ0n) is 6.60. The zero-order chi connectivity index (χ0) is 8.27. The summed E-state index contributed by atoms with van der Waals surface area (Å²) in [6, 6.07) is 1.90. The van der Waals surface area contributed by atoms with Crippen LogP contribution in [0, 0.1) is 6.92 Å². The minimum atomic E-state index is 0.657. The Balaban J connectivity index is 2.96. The van der Waals surface area contributed by atoms with Gasteiger partial charge in [-0.1, -0.05) is 15.9 Å². The second-order valence-corrected chi connectivity index (χ2v) is 3.01. The van der Waals surface area contributed by atoms with Crippen LogP contribution in [-0.4, -0.2) is 11.6 Å². The maximum atomic E-state index is 5.28. The molecule has 0 saturated heterocycles. The molecule has 0 atom stereocenters. The lowest BCUT2D eigenvalue weighted by atomic mass is 10.3. The van der Waals surface area contributed by atoms with Crippen LogP contribution in [0.15, 0.2) is 16.7 Å². The number of rotatable bonds is 2. The second kappa shape index (κ2) is 3.72. The fourth-order valence-corrected chi connectivity index (χ4v) is 1.06. The minimum Gasteiger partial charge on any atom is -0.478 e. The molecular weight excluding hydrogens is 206 g/mol. The molecule has 0 aliphatic heterocycles. The van der Waals surface area contributed by atoms with Crippen molar-refractivity contribution < 1.29 is 4.74 Å². The Labute approximate surface area is 74.7 Å². The predicted molar refractivity (Wildman–Crippen MR) is 47.8 cm³/mol. The van der Waals surface area contributed by atoms with E-state index >= 15 is 0 Å². The van der Waals surface area contributed by atoms with Crippen LogP contribution >= 0.6 is 15.9 Å². The van der Waals surface area contributed by atoms with Gasteiger partial charge in [0.2, 0.25) is 5.88 Å². The third-order valence-corrected chi connectivity index (χ3v) is 2.23. The molecule has 0 radical (unpaired) electrons. The van der Waals surface area contributed by atoms with Crippen molar-refractivity contribution >= 4 is 15.9 Å². The van der Waals surface area contributed by atoms with Gasteiger partial charge in [-0.15, -0.1) is 0 Å². The van der Waals surface area contributed by atoms with E-state index in [9.17, 15) is 0 Å². The normalized spacial score (nSPS) is 9.73. The molecule has 1 heterocycles. The van der Waals surface area contributed by atoms with Gasteiger partial charge in [-0.2, -0.15) is 0 Å². The Bertz CT molecular complexity index is 250. The summed E-state index contributed by atoms with van der Waals surface area (Å²) in [5.74, 6) is 0.710. The largest absolute Gasteiger partial charge is 0.478 e. The molecule has 0 unspecified atom stereocenters. The van der Waals surface area contributed by atoms with E-state index in [1.807, 2.05) is 19.9 Å². The van der Waals surface area contributed by atoms with Gasteiger partial charge in [-0.25, -0.2) is 4.98 Å². The molecule has 0 aliphatic carbocycles. The molecular formula is C8H10BrNO. The average Bonchev–Trinajstić information content (AvgIpc) is 1.99. The molecule has 1 aromatic rings. The molecule has 0 amide bonds. The second-order valence-electron chi connectivity index (χ2n) is 2.16. The summed E-state index contributed by atoms with van der Waals surface area (Å²) in [7, 11) is 0. The molecule has 0 aliphatic rings. The van der Waals surface area contributed by atoms with Gasteiger partial charge in [0.05, 0.1) is 6.61 Å². The quantitative estimate of drug-likeness (QED) is 0.757. The fraction of sp³-hybridized carbons (Fsp3) is 0.375. The van der Waals surface area contributed by atoms with Crippen LogP contribution in [0.3, 0.4) is 0 Å². The first kappa shape index (κ1) is 8.53. The van der Waals surface area contributed by atoms with Crippen molar-refractivity contribution in [1.82, 2.24) is 4.98 Å². The first-order valence-corrected chi connectivity index (χ1v) is 4.29. The molecule has 0 saturated carbocycles. The van der Waals surface area contributed by atoms with Crippen molar-refractivity contribution in [3.8, 4) is 5.88 Å². The van der Waals surface area contributed by atoms with Gasteiger partial charge >= 0.3 is 0 Å². The third-order valence-electron chi connectivity index (χ3n) is 1.37. The maximum Gasteiger partial charge on any atom is 0.217 e. The fourth-order valence-electron chi connectivity index (χ4n) is 0.777. The van der Waals surface area contributed by atoms with E-state index in [-0.39, 0.29) is 0 Å². The van der Waals surface area contributed by atoms with E-state index in [1.165, 1.54) is 0 Å². The molecule has 0 fully saturated rings. The molecule has 3 heteroatoms. The van der Waals surface area contributed by atoms with Crippen LogP contribution in [0.5, 0.6) is 5.88 Å². The van der Waals surface area contributed by atoms with E-state index in [1.54, 1.807) is 6.20 Å². The topological polar surface area (TPSA) is 22.1 Å². The number of aromatic nitrogens is 1. The van der Waals surface area contributed by atoms with Crippen molar-refractivity contribution in [1.29, 1.82) is 0 Å². The molecule has 1 rings (SSSR count). The Morgan fingerprint density at radius 2 is 2.36 bits per heavy atom. The highest BCUT2D eigenvalue weighted by Gasteiger charge is 2.01. The Hall–Kier alpha value is -0.570. The standard InChI is InChI=1S/C8H10BrNO/c1-3-11-8-6(2)7(9)4-5-10-8/h4-5H,3H2,1-2H3. The summed E-state index contributed by atoms with van der Waals surface area (Å²) in [6.07, 6.45) is 1.72. The van der Waals surface area contributed by atoms with Crippen LogP contribution < -0.4 is 4.74 Å². The number of hydrogen-bond donors (Lipinski definition) is 0. The highest BCUT2D eigenvalue weighted by atomic mass is 79.9. The van der Waals surface area contributed by atoms with Gasteiger partial charge < -0.3 is 4.74 Å². The van der Waals surface area contributed by atoms with Crippen LogP contribution in [0.4, 0.5) is 0 Å². The maximum absolute atomic E-state index is 5.28. The Kier molecular flexibility index (Phi) is 2.88. The van der Waals surface area contributed by atoms with E-state index < -0.39 is 0 Å². The van der Waals surface area contributed by atoms with E-state index in [0.29, 0.717) is 12.5 Å². The highest BCUT2D eigenvalue weighted by molar-refractivity contribution is 9.10. The smallest absolute Gasteiger partial charge is 0.217 e. The third kappa shape index (κ3) is 1.93. The van der Waals surface area contributed by atoms with Gasteiger partial charge in [-0.3, -0.25) is 0 Å². The van der Waals surface area contributed by atoms with E-state index in [4.69, 9.17) is 4.74 Å². The molecule has 0 spiro atoms. The molecule has 2 nitrogen and oxygen atoms in total. The summed E-state index contributed by atoms with van der Waals surface area (Å²) in [6.45, 7) is 4.58. The van der Waals surface area contributed by atoms with Crippen LogP contribution in [0.25, 0.3) is 0 Å². The van der Waals surface area contributed by atoms with Gasteiger partial charge in [0.1, 0.15) is 0 Å². The number of hydrogen-bond acceptors (Lipinski definition) is 2. The van der Waals surface area contributed by atoms with E-state index in [2.05, 4.69) is 20.9 Å². The number of pyridine rings is 1. The zero-order valence-corrected chi connectivity index (χ0v) is 8.18. The molecule has 60 valence electrons.